The van der Waals surface area contributed by atoms with Gasteiger partial charge in [-0.05, 0) is 31.2 Å². The number of ether oxygens (including phenoxy) is 2. The summed E-state index contributed by atoms with van der Waals surface area (Å²) in [6, 6.07) is 26.0. The molecule has 0 fully saturated rings. The van der Waals surface area contributed by atoms with E-state index in [-0.39, 0.29) is 17.0 Å². The van der Waals surface area contributed by atoms with E-state index in [9.17, 15) is 0 Å². The number of halogens is 1. The molecular weight excluding hydrogens is 506 g/mol. The smallest absolute Gasteiger partial charge is 0.241 e. The van der Waals surface area contributed by atoms with Gasteiger partial charge in [-0.25, -0.2) is 0 Å². The normalized spacial score (nSPS) is 13.7. The molecule has 0 amide bonds. The van der Waals surface area contributed by atoms with Crippen LogP contribution >= 0.6 is 0 Å². The average Bonchev–Trinajstić information content (AvgIpc) is 3.31. The first-order valence-electron chi connectivity index (χ1n) is 11.7. The van der Waals surface area contributed by atoms with Gasteiger partial charge in [0.2, 0.25) is 11.7 Å². The number of aromatic nitrogens is 2. The summed E-state index contributed by atoms with van der Waals surface area (Å²) in [5, 5.41) is 4.37. The molecule has 1 aliphatic heterocycles. The third-order valence-electron chi connectivity index (χ3n) is 6.46. The minimum Gasteiger partial charge on any atom is -1.00 e. The van der Waals surface area contributed by atoms with Crippen LogP contribution < -0.4 is 26.5 Å². The Morgan fingerprint density at radius 1 is 0.857 bits per heavy atom. The van der Waals surface area contributed by atoms with Gasteiger partial charge in [-0.3, -0.25) is 0 Å². The molecule has 0 unspecified atom stereocenters. The second-order valence-corrected chi connectivity index (χ2v) is 9.57. The van der Waals surface area contributed by atoms with E-state index in [1.165, 1.54) is 0 Å². The van der Waals surface area contributed by atoms with Gasteiger partial charge in [0.25, 0.3) is 0 Å². The molecular formula is C28H30BrN3O3. The molecule has 0 N–H and O–H groups in total. The third kappa shape index (κ3) is 5.11. The fourth-order valence-corrected chi connectivity index (χ4v) is 4.61. The Labute approximate surface area is 216 Å². The van der Waals surface area contributed by atoms with Crippen LogP contribution in [-0.4, -0.2) is 41.9 Å². The highest BCUT2D eigenvalue weighted by atomic mass is 79.9. The van der Waals surface area contributed by atoms with Crippen molar-refractivity contribution in [1.82, 2.24) is 10.1 Å². The predicted molar refractivity (Wildman–Crippen MR) is 130 cm³/mol. The van der Waals surface area contributed by atoms with Crippen molar-refractivity contribution in [3.63, 3.8) is 0 Å². The molecule has 7 heteroatoms. The van der Waals surface area contributed by atoms with Crippen molar-refractivity contribution >= 4 is 0 Å². The standard InChI is InChI=1S/C28H30N3O3.BrH/c1-28(22-14-7-9-16-24(22)33-25-17-10-8-15-23(25)28)27-29-26(30-34-27)20-31(2,3)18-11-19-32-21-12-5-4-6-13-21;/h4-10,12-17H,11,18-20H2,1-3H3;1H/q+1;/p-1. The summed E-state index contributed by atoms with van der Waals surface area (Å²) in [4.78, 5) is 4.88. The molecule has 1 aromatic heterocycles. The number of benzene rings is 3. The highest BCUT2D eigenvalue weighted by Gasteiger charge is 2.44. The zero-order chi connectivity index (χ0) is 23.6. The number of nitrogens with zero attached hydrogens (tertiary/aromatic N) is 3. The Balaban J connectivity index is 0.00000289. The SMILES string of the molecule is CC1(c2nc(C[N+](C)(C)CCCOc3ccccc3)no2)c2ccccc2Oc2ccccc21.[Br-]. The second-order valence-electron chi connectivity index (χ2n) is 9.57. The lowest BCUT2D eigenvalue weighted by Gasteiger charge is -2.34. The van der Waals surface area contributed by atoms with E-state index in [0.29, 0.717) is 24.9 Å². The van der Waals surface area contributed by atoms with Gasteiger partial charge in [0.1, 0.15) is 29.2 Å². The van der Waals surface area contributed by atoms with Gasteiger partial charge >= 0.3 is 0 Å². The summed E-state index contributed by atoms with van der Waals surface area (Å²) >= 11 is 0. The number of hydrogen-bond donors (Lipinski definition) is 0. The Kier molecular flexibility index (Phi) is 7.28. The van der Waals surface area contributed by atoms with Crippen LogP contribution in [0.5, 0.6) is 17.2 Å². The first-order valence-corrected chi connectivity index (χ1v) is 11.7. The van der Waals surface area contributed by atoms with Gasteiger partial charge in [0, 0.05) is 17.5 Å². The fraction of sp³-hybridized carbons (Fsp3) is 0.286. The van der Waals surface area contributed by atoms with E-state index in [0.717, 1.165) is 45.8 Å². The summed E-state index contributed by atoms with van der Waals surface area (Å²) in [7, 11) is 4.36. The predicted octanol–water partition coefficient (Wildman–Crippen LogP) is 2.58. The lowest BCUT2D eigenvalue weighted by molar-refractivity contribution is -0.904. The van der Waals surface area contributed by atoms with E-state index in [1.807, 2.05) is 66.7 Å². The first kappa shape index (κ1) is 24.9. The Morgan fingerprint density at radius 2 is 1.46 bits per heavy atom. The van der Waals surface area contributed by atoms with Crippen molar-refractivity contribution in [3.05, 3.63) is 102 Å². The molecule has 6 nitrogen and oxygen atoms in total. The largest absolute Gasteiger partial charge is 1.00 e. The molecule has 0 saturated carbocycles. The van der Waals surface area contributed by atoms with Crippen molar-refractivity contribution in [2.24, 2.45) is 0 Å². The van der Waals surface area contributed by atoms with Crippen molar-refractivity contribution in [3.8, 4) is 17.2 Å². The van der Waals surface area contributed by atoms with Gasteiger partial charge in [0.05, 0.1) is 27.2 Å². The van der Waals surface area contributed by atoms with Crippen LogP contribution in [0, 0.1) is 0 Å². The monoisotopic (exact) mass is 535 g/mol. The van der Waals surface area contributed by atoms with Gasteiger partial charge in [-0.1, -0.05) is 59.8 Å². The Hall–Kier alpha value is -3.16. The molecule has 0 atom stereocenters. The quantitative estimate of drug-likeness (QED) is 0.256. The Morgan fingerprint density at radius 3 is 2.11 bits per heavy atom. The minimum absolute atomic E-state index is 0. The van der Waals surface area contributed by atoms with E-state index in [1.54, 1.807) is 0 Å². The summed E-state index contributed by atoms with van der Waals surface area (Å²) in [5.74, 6) is 3.82. The zero-order valence-electron chi connectivity index (χ0n) is 20.3. The summed E-state index contributed by atoms with van der Waals surface area (Å²) in [6.45, 7) is 4.42. The van der Waals surface area contributed by atoms with Gasteiger partial charge in [-0.15, -0.1) is 0 Å². The van der Waals surface area contributed by atoms with Crippen LogP contribution in [-0.2, 0) is 12.0 Å². The summed E-state index contributed by atoms with van der Waals surface area (Å²) < 4.78 is 18.6. The van der Waals surface area contributed by atoms with Crippen molar-refractivity contribution in [2.75, 3.05) is 27.2 Å². The van der Waals surface area contributed by atoms with Crippen LogP contribution in [0.25, 0.3) is 0 Å². The van der Waals surface area contributed by atoms with Crippen LogP contribution in [0.1, 0.15) is 36.2 Å². The maximum atomic E-state index is 6.16. The van der Waals surface area contributed by atoms with Crippen molar-refractivity contribution < 1.29 is 35.5 Å². The molecule has 5 rings (SSSR count). The van der Waals surface area contributed by atoms with Crippen LogP contribution in [0.15, 0.2) is 83.4 Å². The maximum absolute atomic E-state index is 6.16. The molecule has 182 valence electrons. The first-order chi connectivity index (χ1) is 16.5. The fourth-order valence-electron chi connectivity index (χ4n) is 4.61. The second kappa shape index (κ2) is 10.2. The molecule has 2 heterocycles. The van der Waals surface area contributed by atoms with E-state index in [4.69, 9.17) is 19.0 Å². The molecule has 0 spiro atoms. The third-order valence-corrected chi connectivity index (χ3v) is 6.46. The minimum atomic E-state index is -0.586. The van der Waals surface area contributed by atoms with E-state index < -0.39 is 5.41 Å². The molecule has 0 bridgehead atoms. The van der Waals surface area contributed by atoms with Gasteiger partial charge in [0.15, 0.2) is 0 Å². The van der Waals surface area contributed by atoms with Crippen molar-refractivity contribution in [1.29, 1.82) is 0 Å². The molecule has 4 aromatic rings. The van der Waals surface area contributed by atoms with Crippen LogP contribution in [0.4, 0.5) is 0 Å². The number of hydrogen-bond acceptors (Lipinski definition) is 5. The number of para-hydroxylation sites is 3. The molecule has 0 aliphatic carbocycles. The number of rotatable bonds is 8. The summed E-state index contributed by atoms with van der Waals surface area (Å²) in [6.07, 6.45) is 0.933. The highest BCUT2D eigenvalue weighted by molar-refractivity contribution is 5.60. The molecule has 0 radical (unpaired) electrons. The Bertz CT molecular complexity index is 1230. The van der Waals surface area contributed by atoms with E-state index in [2.05, 4.69) is 38.3 Å². The lowest BCUT2D eigenvalue weighted by Crippen LogP contribution is -3.00. The van der Waals surface area contributed by atoms with Crippen molar-refractivity contribution in [2.45, 2.75) is 25.3 Å². The average molecular weight is 536 g/mol. The lowest BCUT2D eigenvalue weighted by atomic mass is 9.74. The molecule has 3 aromatic carbocycles. The molecule has 1 aliphatic rings. The zero-order valence-corrected chi connectivity index (χ0v) is 21.9. The molecule has 0 saturated heterocycles. The number of quaternary nitrogens is 1. The molecule has 35 heavy (non-hydrogen) atoms. The van der Waals surface area contributed by atoms with Crippen LogP contribution in [0.3, 0.4) is 0 Å². The maximum Gasteiger partial charge on any atom is 0.241 e. The van der Waals surface area contributed by atoms with E-state index >= 15 is 0 Å². The summed E-state index contributed by atoms with van der Waals surface area (Å²) in [5.41, 5.74) is 1.46. The highest BCUT2D eigenvalue weighted by Crippen LogP contribution is 2.50. The topological polar surface area (TPSA) is 57.4 Å². The van der Waals surface area contributed by atoms with Gasteiger partial charge < -0.3 is 35.5 Å². The van der Waals surface area contributed by atoms with Crippen LogP contribution in [0.2, 0.25) is 0 Å². The van der Waals surface area contributed by atoms with Gasteiger partial charge in [-0.2, -0.15) is 4.98 Å². The number of fused-ring (bicyclic) bond motifs is 2.